The largest absolute Gasteiger partial charge is 0.444 e. The first-order valence-electron chi connectivity index (χ1n) is 14.2. The summed E-state index contributed by atoms with van der Waals surface area (Å²) in [5.41, 5.74) is 5.27. The zero-order valence-corrected chi connectivity index (χ0v) is 25.8. The quantitative estimate of drug-likeness (QED) is 0.177. The third kappa shape index (κ3) is 9.90. The van der Waals surface area contributed by atoms with Crippen LogP contribution in [0.1, 0.15) is 41.5 Å². The molecule has 4 amide bonds. The van der Waals surface area contributed by atoms with Crippen molar-refractivity contribution in [2.45, 2.75) is 52.7 Å². The maximum Gasteiger partial charge on any atom is 0.412 e. The number of hydrogen-bond donors (Lipinski definition) is 4. The van der Waals surface area contributed by atoms with Crippen molar-refractivity contribution in [1.82, 2.24) is 0 Å². The molecule has 0 bridgehead atoms. The van der Waals surface area contributed by atoms with Gasteiger partial charge in [-0.05, 0) is 112 Å². The Morgan fingerprint density at radius 2 is 0.636 bits per heavy atom. The molecule has 0 saturated carbocycles. The minimum Gasteiger partial charge on any atom is -0.444 e. The van der Waals surface area contributed by atoms with Crippen molar-refractivity contribution in [1.29, 1.82) is 0 Å². The van der Waals surface area contributed by atoms with Gasteiger partial charge in [-0.15, -0.1) is 0 Å². The van der Waals surface area contributed by atoms with Crippen LogP contribution in [0.3, 0.4) is 0 Å². The fourth-order valence-corrected chi connectivity index (χ4v) is 4.12. The number of nitrogens with one attached hydrogen (secondary N) is 4. The predicted octanol–water partition coefficient (Wildman–Crippen LogP) is 9.36. The molecular weight excluding hydrogens is 556 g/mol. The van der Waals surface area contributed by atoms with Crippen molar-refractivity contribution in [2.75, 3.05) is 21.3 Å². The first kappa shape index (κ1) is 31.6. The second-order valence-corrected chi connectivity index (χ2v) is 12.1. The average molecular weight is 595 g/mol. The van der Waals surface area contributed by atoms with E-state index in [0.29, 0.717) is 22.7 Å². The minimum atomic E-state index is -0.569. The highest BCUT2D eigenvalue weighted by atomic mass is 16.6. The molecule has 4 N–H and O–H groups in total. The summed E-state index contributed by atoms with van der Waals surface area (Å²) in [7, 11) is 0. The molecule has 0 fully saturated rings. The van der Waals surface area contributed by atoms with E-state index in [-0.39, 0.29) is 6.03 Å². The Labute approximate surface area is 258 Å². The first-order chi connectivity index (χ1) is 20.7. The summed E-state index contributed by atoms with van der Waals surface area (Å²) in [6.45, 7) is 10.9. The van der Waals surface area contributed by atoms with E-state index in [2.05, 4.69) is 21.3 Å². The standard InChI is InChI=1S/C35H38N4O5/c1-34(2,3)43-32(41)38-29-19-11-25(12-20-29)23-7-15-27(16-8-23)36-31(40)37-28-17-9-24(10-18-28)26-13-21-30(22-14-26)39-33(42)44-35(4,5)6/h7-22H,1-6H3,(H,38,41)(H,39,42)(H2,36,37,40). The smallest absolute Gasteiger partial charge is 0.412 e. The molecule has 9 nitrogen and oxygen atoms in total. The maximum absolute atomic E-state index is 12.6. The third-order valence-electron chi connectivity index (χ3n) is 6.01. The summed E-state index contributed by atoms with van der Waals surface area (Å²) in [5.74, 6) is 0. The zero-order chi connectivity index (χ0) is 31.9. The van der Waals surface area contributed by atoms with E-state index in [0.717, 1.165) is 22.3 Å². The Bertz CT molecular complexity index is 1460. The second-order valence-electron chi connectivity index (χ2n) is 12.1. The van der Waals surface area contributed by atoms with Crippen LogP contribution in [0.4, 0.5) is 37.1 Å². The van der Waals surface area contributed by atoms with Crippen molar-refractivity contribution in [3.8, 4) is 22.3 Å². The topological polar surface area (TPSA) is 118 Å². The Morgan fingerprint density at radius 3 is 0.864 bits per heavy atom. The van der Waals surface area contributed by atoms with Gasteiger partial charge in [0, 0.05) is 22.7 Å². The lowest BCUT2D eigenvalue weighted by molar-refractivity contribution is 0.0624. The molecule has 0 saturated heterocycles. The normalized spacial score (nSPS) is 11.2. The van der Waals surface area contributed by atoms with Crippen LogP contribution in [-0.2, 0) is 9.47 Å². The van der Waals surface area contributed by atoms with Crippen LogP contribution in [0.15, 0.2) is 97.1 Å². The highest BCUT2D eigenvalue weighted by molar-refractivity contribution is 6.00. The molecule has 9 heteroatoms. The van der Waals surface area contributed by atoms with Crippen LogP contribution in [0, 0.1) is 0 Å². The predicted molar refractivity (Wildman–Crippen MR) is 176 cm³/mol. The van der Waals surface area contributed by atoms with Crippen LogP contribution in [0.2, 0.25) is 0 Å². The number of carbonyl (C=O) groups is 3. The number of benzene rings is 4. The molecule has 44 heavy (non-hydrogen) atoms. The summed E-state index contributed by atoms with van der Waals surface area (Å²) < 4.78 is 10.6. The number of anilines is 4. The van der Waals surface area contributed by atoms with E-state index in [1.54, 1.807) is 0 Å². The Hall–Kier alpha value is -5.31. The van der Waals surface area contributed by atoms with Gasteiger partial charge in [-0.25, -0.2) is 14.4 Å². The molecule has 0 heterocycles. The Balaban J connectivity index is 1.28. The Morgan fingerprint density at radius 1 is 0.409 bits per heavy atom. The van der Waals surface area contributed by atoms with Gasteiger partial charge in [-0.2, -0.15) is 0 Å². The number of rotatable bonds is 6. The van der Waals surface area contributed by atoms with Gasteiger partial charge in [-0.1, -0.05) is 48.5 Å². The molecular formula is C35H38N4O5. The van der Waals surface area contributed by atoms with Crippen molar-refractivity contribution in [3.05, 3.63) is 97.1 Å². The van der Waals surface area contributed by atoms with Crippen LogP contribution in [-0.4, -0.2) is 29.4 Å². The van der Waals surface area contributed by atoms with Gasteiger partial charge in [0.05, 0.1) is 0 Å². The number of amides is 4. The minimum absolute atomic E-state index is 0.361. The molecule has 0 aromatic heterocycles. The van der Waals surface area contributed by atoms with E-state index in [1.165, 1.54) is 0 Å². The molecule has 0 aliphatic heterocycles. The van der Waals surface area contributed by atoms with Gasteiger partial charge < -0.3 is 20.1 Å². The summed E-state index contributed by atoms with van der Waals surface area (Å²) in [6, 6.07) is 29.4. The van der Waals surface area contributed by atoms with Crippen LogP contribution < -0.4 is 21.3 Å². The van der Waals surface area contributed by atoms with Crippen LogP contribution in [0.5, 0.6) is 0 Å². The molecule has 228 valence electrons. The highest BCUT2D eigenvalue weighted by Gasteiger charge is 2.17. The molecule has 0 atom stereocenters. The second kappa shape index (κ2) is 13.3. The molecule has 0 spiro atoms. The lowest BCUT2D eigenvalue weighted by Gasteiger charge is -2.19. The lowest BCUT2D eigenvalue weighted by Crippen LogP contribution is -2.27. The number of urea groups is 1. The SMILES string of the molecule is CC(C)(C)OC(=O)Nc1ccc(-c2ccc(NC(=O)Nc3ccc(-c4ccc(NC(=O)OC(C)(C)C)cc4)cc3)cc2)cc1. The maximum atomic E-state index is 12.6. The summed E-state index contributed by atoms with van der Waals surface area (Å²) >= 11 is 0. The number of hydrogen-bond acceptors (Lipinski definition) is 5. The number of ether oxygens (including phenoxy) is 2. The van der Waals surface area contributed by atoms with Gasteiger partial charge in [0.2, 0.25) is 0 Å². The van der Waals surface area contributed by atoms with Gasteiger partial charge >= 0.3 is 18.2 Å². The molecule has 0 radical (unpaired) electrons. The lowest BCUT2D eigenvalue weighted by atomic mass is 10.0. The summed E-state index contributed by atoms with van der Waals surface area (Å²) in [4.78, 5) is 36.6. The van der Waals surface area contributed by atoms with Gasteiger partial charge in [0.15, 0.2) is 0 Å². The highest BCUT2D eigenvalue weighted by Crippen LogP contribution is 2.25. The fraction of sp³-hybridized carbons (Fsp3) is 0.229. The molecule has 4 aromatic carbocycles. The van der Waals surface area contributed by atoms with Crippen LogP contribution >= 0.6 is 0 Å². The molecule has 0 aliphatic carbocycles. The molecule has 0 unspecified atom stereocenters. The van der Waals surface area contributed by atoms with Crippen molar-refractivity contribution in [3.63, 3.8) is 0 Å². The first-order valence-corrected chi connectivity index (χ1v) is 14.2. The molecule has 4 aromatic rings. The summed E-state index contributed by atoms with van der Waals surface area (Å²) in [6.07, 6.45) is -1.01. The summed E-state index contributed by atoms with van der Waals surface area (Å²) in [5, 5.41) is 11.1. The Kier molecular flexibility index (Phi) is 9.58. The zero-order valence-electron chi connectivity index (χ0n) is 25.8. The van der Waals surface area contributed by atoms with E-state index in [9.17, 15) is 14.4 Å². The van der Waals surface area contributed by atoms with Crippen molar-refractivity contribution >= 4 is 41.0 Å². The van der Waals surface area contributed by atoms with Gasteiger partial charge in [0.1, 0.15) is 11.2 Å². The van der Waals surface area contributed by atoms with E-state index in [4.69, 9.17) is 9.47 Å². The number of carbonyl (C=O) groups excluding carboxylic acids is 3. The van der Waals surface area contributed by atoms with Crippen LogP contribution in [0.25, 0.3) is 22.3 Å². The van der Waals surface area contributed by atoms with E-state index in [1.807, 2.05) is 139 Å². The average Bonchev–Trinajstić information content (AvgIpc) is 2.93. The fourth-order valence-electron chi connectivity index (χ4n) is 4.12. The molecule has 0 aliphatic rings. The van der Waals surface area contributed by atoms with Crippen molar-refractivity contribution < 1.29 is 23.9 Å². The molecule has 4 rings (SSSR count). The van der Waals surface area contributed by atoms with Gasteiger partial charge in [-0.3, -0.25) is 10.6 Å². The third-order valence-corrected chi connectivity index (χ3v) is 6.01. The van der Waals surface area contributed by atoms with E-state index >= 15 is 0 Å². The van der Waals surface area contributed by atoms with E-state index < -0.39 is 23.4 Å². The van der Waals surface area contributed by atoms with Crippen molar-refractivity contribution in [2.24, 2.45) is 0 Å². The monoisotopic (exact) mass is 594 g/mol. The van der Waals surface area contributed by atoms with Gasteiger partial charge in [0.25, 0.3) is 0 Å².